The quantitative estimate of drug-likeness (QED) is 0.739. The molecular weight excluding hydrogens is 284 g/mol. The van der Waals surface area contributed by atoms with Gasteiger partial charge >= 0.3 is 0 Å². The molecule has 0 radical (unpaired) electrons. The zero-order valence-electron chi connectivity index (χ0n) is 13.7. The molecule has 2 unspecified atom stereocenters. The standard InChI is InChI=1S/C16H30N2O2S/c1-4-17-5-6-21(19,20)18-16-9-13-7-14(2,11-16)10-15(3,8-13)12-16/h13,17-18H,4-12H2,1-3H3. The SMILES string of the molecule is CCNCCS(=O)(=O)NC12CC3CC(C)(CC(C)(C3)C1)C2. The van der Waals surface area contributed by atoms with Gasteiger partial charge in [0.05, 0.1) is 5.75 Å². The molecule has 0 aromatic rings. The van der Waals surface area contributed by atoms with Crippen LogP contribution in [0.15, 0.2) is 0 Å². The van der Waals surface area contributed by atoms with Gasteiger partial charge in [-0.2, -0.15) is 0 Å². The maximum atomic E-state index is 12.4. The summed E-state index contributed by atoms with van der Waals surface area (Å²) in [6, 6.07) is 0. The molecule has 122 valence electrons. The number of sulfonamides is 1. The number of hydrogen-bond acceptors (Lipinski definition) is 3. The van der Waals surface area contributed by atoms with Crippen LogP contribution in [0, 0.1) is 16.7 Å². The van der Waals surface area contributed by atoms with E-state index in [4.69, 9.17) is 0 Å². The van der Waals surface area contributed by atoms with Crippen LogP contribution in [0.3, 0.4) is 0 Å². The Kier molecular flexibility index (Phi) is 3.70. The molecule has 5 heteroatoms. The maximum absolute atomic E-state index is 12.4. The van der Waals surface area contributed by atoms with Crippen molar-refractivity contribution < 1.29 is 8.42 Å². The summed E-state index contributed by atoms with van der Waals surface area (Å²) in [4.78, 5) is 0. The van der Waals surface area contributed by atoms with Crippen molar-refractivity contribution in [2.45, 2.75) is 64.8 Å². The zero-order chi connectivity index (χ0) is 15.4. The molecule has 0 aromatic heterocycles. The van der Waals surface area contributed by atoms with Crippen LogP contribution in [0.4, 0.5) is 0 Å². The van der Waals surface area contributed by atoms with Crippen LogP contribution in [-0.4, -0.2) is 32.8 Å². The summed E-state index contributed by atoms with van der Waals surface area (Å²) in [5, 5.41) is 3.11. The van der Waals surface area contributed by atoms with E-state index in [0.29, 0.717) is 23.3 Å². The molecule has 21 heavy (non-hydrogen) atoms. The number of nitrogens with one attached hydrogen (secondary N) is 2. The lowest BCUT2D eigenvalue weighted by atomic mass is 9.43. The van der Waals surface area contributed by atoms with Crippen molar-refractivity contribution in [3.05, 3.63) is 0 Å². The van der Waals surface area contributed by atoms with Crippen molar-refractivity contribution in [3.63, 3.8) is 0 Å². The van der Waals surface area contributed by atoms with Crippen molar-refractivity contribution in [1.82, 2.24) is 10.0 Å². The molecule has 0 amide bonds. The molecule has 0 spiro atoms. The predicted octanol–water partition coefficient (Wildman–Crippen LogP) is 2.26. The summed E-state index contributed by atoms with van der Waals surface area (Å²) in [6.07, 6.45) is 6.99. The van der Waals surface area contributed by atoms with Crippen LogP contribution in [0.1, 0.15) is 59.3 Å². The molecule has 0 aromatic carbocycles. The third-order valence-corrected chi connectivity index (χ3v) is 7.28. The van der Waals surface area contributed by atoms with Crippen molar-refractivity contribution in [3.8, 4) is 0 Å². The van der Waals surface area contributed by atoms with E-state index in [0.717, 1.165) is 25.8 Å². The first-order valence-corrected chi connectivity index (χ1v) is 10.0. The van der Waals surface area contributed by atoms with E-state index in [9.17, 15) is 8.42 Å². The van der Waals surface area contributed by atoms with E-state index < -0.39 is 10.0 Å². The second-order valence-corrected chi connectivity index (χ2v) is 10.5. The Bertz CT molecular complexity index is 498. The van der Waals surface area contributed by atoms with Gasteiger partial charge in [-0.3, -0.25) is 0 Å². The van der Waals surface area contributed by atoms with Crippen molar-refractivity contribution in [2.24, 2.45) is 16.7 Å². The van der Waals surface area contributed by atoms with Gasteiger partial charge in [0, 0.05) is 12.1 Å². The molecule has 0 aliphatic heterocycles. The highest BCUT2D eigenvalue weighted by molar-refractivity contribution is 7.89. The highest BCUT2D eigenvalue weighted by atomic mass is 32.2. The van der Waals surface area contributed by atoms with Crippen molar-refractivity contribution in [2.75, 3.05) is 18.8 Å². The molecule has 0 heterocycles. The van der Waals surface area contributed by atoms with Crippen molar-refractivity contribution in [1.29, 1.82) is 0 Å². The van der Waals surface area contributed by atoms with Gasteiger partial charge < -0.3 is 5.32 Å². The fourth-order valence-electron chi connectivity index (χ4n) is 6.33. The van der Waals surface area contributed by atoms with Gasteiger partial charge in [-0.1, -0.05) is 20.8 Å². The van der Waals surface area contributed by atoms with Crippen LogP contribution in [-0.2, 0) is 10.0 Å². The minimum Gasteiger partial charge on any atom is -0.316 e. The van der Waals surface area contributed by atoms with E-state index in [-0.39, 0.29) is 11.3 Å². The highest BCUT2D eigenvalue weighted by Gasteiger charge is 2.60. The number of hydrogen-bond donors (Lipinski definition) is 2. The van der Waals surface area contributed by atoms with Gasteiger partial charge in [-0.25, -0.2) is 13.1 Å². The van der Waals surface area contributed by atoms with Crippen LogP contribution >= 0.6 is 0 Å². The Morgan fingerprint density at radius 1 is 1.05 bits per heavy atom. The Morgan fingerprint density at radius 3 is 2.19 bits per heavy atom. The lowest BCUT2D eigenvalue weighted by Crippen LogP contribution is -2.65. The Balaban J connectivity index is 1.76. The molecule has 4 saturated carbocycles. The summed E-state index contributed by atoms with van der Waals surface area (Å²) in [5.41, 5.74) is 0.532. The summed E-state index contributed by atoms with van der Waals surface area (Å²) in [6.45, 7) is 8.11. The molecule has 4 nitrogen and oxygen atoms in total. The Labute approximate surface area is 129 Å². The monoisotopic (exact) mass is 314 g/mol. The third-order valence-electron chi connectivity index (χ3n) is 5.80. The van der Waals surface area contributed by atoms with Gasteiger partial charge in [-0.15, -0.1) is 0 Å². The van der Waals surface area contributed by atoms with Crippen LogP contribution in [0.2, 0.25) is 0 Å². The molecule has 2 atom stereocenters. The van der Waals surface area contributed by atoms with Gasteiger partial charge in [0.1, 0.15) is 0 Å². The molecule has 4 bridgehead atoms. The highest BCUT2D eigenvalue weighted by Crippen LogP contribution is 2.66. The summed E-state index contributed by atoms with van der Waals surface area (Å²) in [7, 11) is -3.18. The smallest absolute Gasteiger partial charge is 0.213 e. The Hall–Kier alpha value is -0.130. The number of rotatable bonds is 6. The predicted molar refractivity (Wildman–Crippen MR) is 85.6 cm³/mol. The maximum Gasteiger partial charge on any atom is 0.213 e. The molecule has 0 saturated heterocycles. The topological polar surface area (TPSA) is 58.2 Å². The average molecular weight is 314 g/mol. The summed E-state index contributed by atoms with van der Waals surface area (Å²) >= 11 is 0. The van der Waals surface area contributed by atoms with E-state index in [1.54, 1.807) is 0 Å². The minimum atomic E-state index is -3.18. The largest absolute Gasteiger partial charge is 0.316 e. The zero-order valence-corrected chi connectivity index (χ0v) is 14.5. The lowest BCUT2D eigenvalue weighted by molar-refractivity contribution is -0.110. The summed E-state index contributed by atoms with van der Waals surface area (Å²) in [5.74, 6) is 0.911. The second kappa shape index (κ2) is 4.93. The van der Waals surface area contributed by atoms with E-state index >= 15 is 0 Å². The molecule has 4 aliphatic carbocycles. The molecular formula is C16H30N2O2S. The summed E-state index contributed by atoms with van der Waals surface area (Å²) < 4.78 is 28.0. The third kappa shape index (κ3) is 3.15. The molecule has 4 aliphatic rings. The average Bonchev–Trinajstić information content (AvgIpc) is 2.21. The van der Waals surface area contributed by atoms with E-state index in [2.05, 4.69) is 23.9 Å². The molecule has 4 fully saturated rings. The van der Waals surface area contributed by atoms with Gasteiger partial charge in [-0.05, 0) is 61.8 Å². The minimum absolute atomic E-state index is 0.159. The van der Waals surface area contributed by atoms with Gasteiger partial charge in [0.25, 0.3) is 0 Å². The molecule has 4 rings (SSSR count). The fourth-order valence-corrected chi connectivity index (χ4v) is 7.73. The van der Waals surface area contributed by atoms with E-state index in [1.165, 1.54) is 19.3 Å². The normalized spacial score (nSPS) is 45.2. The van der Waals surface area contributed by atoms with Crippen LogP contribution in [0.5, 0.6) is 0 Å². The fraction of sp³-hybridized carbons (Fsp3) is 1.00. The van der Waals surface area contributed by atoms with Gasteiger partial charge in [0.15, 0.2) is 0 Å². The molecule has 2 N–H and O–H groups in total. The first kappa shape index (κ1) is 15.8. The Morgan fingerprint density at radius 2 is 1.67 bits per heavy atom. The van der Waals surface area contributed by atoms with Gasteiger partial charge in [0.2, 0.25) is 10.0 Å². The van der Waals surface area contributed by atoms with Crippen molar-refractivity contribution >= 4 is 10.0 Å². The van der Waals surface area contributed by atoms with E-state index in [1.807, 2.05) is 6.92 Å². The lowest BCUT2D eigenvalue weighted by Gasteiger charge is -2.65. The van der Waals surface area contributed by atoms with Crippen LogP contribution < -0.4 is 10.0 Å². The second-order valence-electron chi connectivity index (χ2n) is 8.68. The first-order chi connectivity index (χ1) is 9.67. The van der Waals surface area contributed by atoms with Crippen LogP contribution in [0.25, 0.3) is 0 Å². The first-order valence-electron chi connectivity index (χ1n) is 8.40.